The normalized spacial score (nSPS) is 28.6. The maximum absolute atomic E-state index is 15.2. The first kappa shape index (κ1) is 87.7. The molecule has 4 aromatic carbocycles. The van der Waals surface area contributed by atoms with E-state index in [0.717, 1.165) is 70.6 Å². The van der Waals surface area contributed by atoms with E-state index in [1.54, 1.807) is 97.1 Å². The molecule has 4 aromatic rings. The Hall–Kier alpha value is -5.92. The first-order chi connectivity index (χ1) is 52.8. The van der Waals surface area contributed by atoms with E-state index in [4.69, 9.17) is 90.0 Å². The van der Waals surface area contributed by atoms with Crippen molar-refractivity contribution >= 4 is 23.9 Å². The average molecular weight is 1520 g/mol. The van der Waals surface area contributed by atoms with Crippen LogP contribution in [0.4, 0.5) is 0 Å². The molecule has 4 aliphatic rings. The number of hydrogen-bond acceptors (Lipinski definition) is 25. The lowest BCUT2D eigenvalue weighted by atomic mass is 9.94. The number of unbranched alkanes of at least 4 members (excludes halogenated alkanes) is 7. The van der Waals surface area contributed by atoms with Gasteiger partial charge in [0.2, 0.25) is 0 Å². The van der Waals surface area contributed by atoms with E-state index in [-0.39, 0.29) is 61.9 Å². The summed E-state index contributed by atoms with van der Waals surface area (Å²) in [6, 6.07) is 32.1. The van der Waals surface area contributed by atoms with Crippen molar-refractivity contribution in [2.24, 2.45) is 0 Å². The molecule has 0 aromatic heterocycles. The number of rotatable bonds is 49. The molecule has 0 saturated carbocycles. The number of carbonyl (C=O) groups is 4. The third-order valence-electron chi connectivity index (χ3n) is 18.9. The molecule has 8 rings (SSSR count). The smallest absolute Gasteiger partial charge is 0.338 e. The fourth-order valence-corrected chi connectivity index (χ4v) is 12.8. The Morgan fingerprint density at radius 3 is 0.917 bits per heavy atom. The van der Waals surface area contributed by atoms with Crippen LogP contribution in [0.15, 0.2) is 121 Å². The summed E-state index contributed by atoms with van der Waals surface area (Å²) in [7, 11) is 0. The van der Waals surface area contributed by atoms with Crippen molar-refractivity contribution in [3.63, 3.8) is 0 Å². The van der Waals surface area contributed by atoms with Gasteiger partial charge >= 0.3 is 23.9 Å². The van der Waals surface area contributed by atoms with Gasteiger partial charge in [-0.3, -0.25) is 0 Å². The monoisotopic (exact) mass is 1520 g/mol. The molecule has 25 heteroatoms. The van der Waals surface area contributed by atoms with E-state index >= 15 is 9.59 Å². The Morgan fingerprint density at radius 2 is 0.574 bits per heavy atom. The van der Waals surface area contributed by atoms with Gasteiger partial charge in [0, 0.05) is 52.9 Å². The molecule has 25 nitrogen and oxygen atoms in total. The summed E-state index contributed by atoms with van der Waals surface area (Å²) >= 11 is 0. The molecule has 0 aliphatic carbocycles. The Kier molecular flexibility index (Phi) is 39.6. The van der Waals surface area contributed by atoms with Gasteiger partial charge in [-0.2, -0.15) is 0 Å². The highest BCUT2D eigenvalue weighted by atomic mass is 16.8. The van der Waals surface area contributed by atoms with Gasteiger partial charge in [0.15, 0.2) is 49.6 Å². The first-order valence-corrected chi connectivity index (χ1v) is 39.6. The second-order valence-electron chi connectivity index (χ2n) is 27.5. The van der Waals surface area contributed by atoms with Crippen LogP contribution in [-0.4, -0.2) is 236 Å². The lowest BCUT2D eigenvalue weighted by Gasteiger charge is -2.52. The van der Waals surface area contributed by atoms with Crippen molar-refractivity contribution in [2.75, 3.05) is 79.3 Å². The Morgan fingerprint density at radius 1 is 0.296 bits per heavy atom. The second kappa shape index (κ2) is 48.8. The van der Waals surface area contributed by atoms with Gasteiger partial charge in [-0.25, -0.2) is 19.2 Å². The summed E-state index contributed by atoms with van der Waals surface area (Å²) in [4.78, 5) is 59.2. The molecule has 4 saturated heterocycles. The van der Waals surface area contributed by atoms with Gasteiger partial charge in [-0.1, -0.05) is 173 Å². The van der Waals surface area contributed by atoms with E-state index in [1.807, 2.05) is 20.8 Å². The number of esters is 4. The topological polar surface area (TPSA) is 284 Å². The van der Waals surface area contributed by atoms with Gasteiger partial charge in [-0.05, 0) is 99.9 Å². The van der Waals surface area contributed by atoms with Gasteiger partial charge in [0.05, 0.1) is 48.7 Å². The fourth-order valence-electron chi connectivity index (χ4n) is 12.8. The highest BCUT2D eigenvalue weighted by molar-refractivity contribution is 5.91. The Balaban J connectivity index is 1.31. The van der Waals surface area contributed by atoms with Crippen LogP contribution in [0.5, 0.6) is 0 Å². The van der Waals surface area contributed by atoms with E-state index in [9.17, 15) is 19.8 Å². The largest absolute Gasteiger partial charge is 0.452 e. The van der Waals surface area contributed by atoms with Gasteiger partial charge in [0.1, 0.15) is 73.2 Å². The highest BCUT2D eigenvalue weighted by Gasteiger charge is 2.60. The zero-order chi connectivity index (χ0) is 76.8. The predicted molar refractivity (Wildman–Crippen MR) is 397 cm³/mol. The summed E-state index contributed by atoms with van der Waals surface area (Å²) in [5.74, 6) is -3.69. The lowest BCUT2D eigenvalue weighted by Crippen LogP contribution is -2.69. The van der Waals surface area contributed by atoms with Crippen molar-refractivity contribution in [3.05, 3.63) is 144 Å². The third-order valence-corrected chi connectivity index (χ3v) is 18.9. The van der Waals surface area contributed by atoms with Crippen LogP contribution in [0.25, 0.3) is 0 Å². The van der Waals surface area contributed by atoms with Crippen LogP contribution in [0.1, 0.15) is 193 Å². The van der Waals surface area contributed by atoms with Gasteiger partial charge in [-0.15, -0.1) is 0 Å². The van der Waals surface area contributed by atoms with E-state index in [1.165, 1.54) is 24.3 Å². The molecule has 602 valence electrons. The first-order valence-electron chi connectivity index (χ1n) is 39.6. The number of hydrogen-bond donors (Lipinski definition) is 2. The molecule has 108 heavy (non-hydrogen) atoms. The van der Waals surface area contributed by atoms with Crippen LogP contribution in [0.2, 0.25) is 0 Å². The molecule has 20 atom stereocenters. The zero-order valence-corrected chi connectivity index (χ0v) is 64.5. The van der Waals surface area contributed by atoms with Crippen molar-refractivity contribution in [3.8, 4) is 0 Å². The summed E-state index contributed by atoms with van der Waals surface area (Å²) in [6.07, 6.45) is -16.3. The van der Waals surface area contributed by atoms with Crippen molar-refractivity contribution in [1.29, 1.82) is 0 Å². The number of carbonyl (C=O) groups excluding carboxylic acids is 4. The molecular weight excluding hydrogens is 1400 g/mol. The van der Waals surface area contributed by atoms with Gasteiger partial charge < -0.3 is 100 Å². The molecule has 4 heterocycles. The van der Waals surface area contributed by atoms with E-state index < -0.39 is 153 Å². The molecule has 0 radical (unpaired) electrons. The minimum Gasteiger partial charge on any atom is -0.452 e. The molecular formula is C83H120O25. The van der Waals surface area contributed by atoms with Gasteiger partial charge in [0.25, 0.3) is 0 Å². The Bertz CT molecular complexity index is 3100. The molecule has 0 spiro atoms. The number of benzene rings is 4. The molecule has 4 aliphatic heterocycles. The molecule has 4 fully saturated rings. The highest BCUT2D eigenvalue weighted by Crippen LogP contribution is 2.41. The fraction of sp³-hybridized carbons (Fsp3) is 0.663. The molecule has 2 N–H and O–H groups in total. The van der Waals surface area contributed by atoms with Crippen LogP contribution in [0, 0.1) is 0 Å². The van der Waals surface area contributed by atoms with Crippen LogP contribution >= 0.6 is 0 Å². The SMILES string of the molecule is CCCCOCC1O[C@@H](O[C@@H]2C(COCCCC)O[C@H](O[C@H]3C(COCCCC)O[C@H](OCCC)C(OCCCC)[C@H]3OCCCC)C(OCCCC)[C@H]2OCCCC)[C@@H](OC(=O)c2ccccc2)C(OC(=O)c2ccccc2)[C@@H]1O[C@@H]1OC(CO)[C@@H](O)C(OC(=O)c2ccccc2)[C@@H]1OC(=O)c1ccccc1. The quantitative estimate of drug-likeness (QED) is 0.0236. The minimum absolute atomic E-state index is 0.0647. The number of aliphatic hydroxyl groups excluding tert-OH is 2. The summed E-state index contributed by atoms with van der Waals surface area (Å²) in [6.45, 7) is 17.8. The van der Waals surface area contributed by atoms with Crippen molar-refractivity contribution in [1.82, 2.24) is 0 Å². The lowest BCUT2D eigenvalue weighted by molar-refractivity contribution is -0.394. The molecule has 0 bridgehead atoms. The third kappa shape index (κ3) is 26.1. The average Bonchev–Trinajstić information content (AvgIpc) is 0.765. The number of aliphatic hydroxyl groups is 2. The Labute approximate surface area is 638 Å². The van der Waals surface area contributed by atoms with E-state index in [2.05, 4.69) is 34.6 Å². The standard InChI is InChI=1S/C83H120O25/c1-9-17-45-90-53-61-65(69(93-48-20-12-4)72(95-50-22-14-6)80(99-61)97-44-16-8)106-81-73(96-51-23-15-7)70(94-49-21-13-5)66(62(100-81)54-91-46-18-10-2)107-83-75(105-79(89)59-42-34-27-35-43-59)71(103-77(87)57-38-30-25-31-39-57)67(63(101-83)55-92-47-19-11-3)108-82-74(104-78(88)58-40-32-26-33-41-58)68(64(85)60(52-84)98-82)102-76(86)56-36-28-24-29-37-56/h24-43,60-75,80-85H,9-23,44-55H2,1-8H3/t60?,61?,62?,63?,64-,65+,66-,67-,68?,69+,70+,71?,72?,73?,74+,75+,80+,81-,82+,83+/m1/s1. The van der Waals surface area contributed by atoms with Crippen molar-refractivity contribution < 1.29 is 119 Å². The zero-order valence-electron chi connectivity index (χ0n) is 64.5. The number of ether oxygens (including phenoxy) is 19. The maximum Gasteiger partial charge on any atom is 0.338 e. The van der Waals surface area contributed by atoms with Crippen LogP contribution < -0.4 is 0 Å². The van der Waals surface area contributed by atoms with Crippen molar-refractivity contribution in [2.45, 2.75) is 275 Å². The molecule has 8 unspecified atom stereocenters. The van der Waals surface area contributed by atoms with Crippen LogP contribution in [-0.2, 0) is 90.0 Å². The summed E-state index contributed by atoms with van der Waals surface area (Å²) in [5, 5.41) is 23.2. The summed E-state index contributed by atoms with van der Waals surface area (Å²) < 4.78 is 130. The van der Waals surface area contributed by atoms with E-state index in [0.29, 0.717) is 58.7 Å². The second-order valence-corrected chi connectivity index (χ2v) is 27.5. The van der Waals surface area contributed by atoms with Crippen LogP contribution in [0.3, 0.4) is 0 Å². The molecule has 0 amide bonds. The predicted octanol–water partition coefficient (Wildman–Crippen LogP) is 11.9. The minimum atomic E-state index is -1.92. The maximum atomic E-state index is 15.2. The summed E-state index contributed by atoms with van der Waals surface area (Å²) in [5.41, 5.74) is 0.313.